The smallest absolute Gasteiger partial charge is 0.195 e. The molecule has 0 unspecified atom stereocenters. The molecule has 0 atom stereocenters. The van der Waals surface area contributed by atoms with Gasteiger partial charge in [-0.1, -0.05) is 72.8 Å². The predicted molar refractivity (Wildman–Crippen MR) is 107 cm³/mol. The van der Waals surface area contributed by atoms with E-state index in [0.717, 1.165) is 33.3 Å². The van der Waals surface area contributed by atoms with Crippen molar-refractivity contribution in [1.82, 2.24) is 4.98 Å². The second-order valence-electron chi connectivity index (χ2n) is 6.53. The zero-order valence-corrected chi connectivity index (χ0v) is 14.9. The van der Waals surface area contributed by atoms with Crippen LogP contribution in [0.1, 0.15) is 27.2 Å². The Bertz CT molecular complexity index is 1100. The third-order valence-corrected chi connectivity index (χ3v) is 4.66. The largest absolute Gasteiger partial charge is 0.289 e. The zero-order chi connectivity index (χ0) is 18.1. The van der Waals surface area contributed by atoms with Crippen LogP contribution in [0.15, 0.2) is 78.9 Å². The van der Waals surface area contributed by atoms with Gasteiger partial charge in [0.15, 0.2) is 5.78 Å². The van der Waals surface area contributed by atoms with Gasteiger partial charge in [-0.2, -0.15) is 0 Å². The molecule has 126 valence electrons. The lowest BCUT2D eigenvalue weighted by Crippen LogP contribution is -2.06. The van der Waals surface area contributed by atoms with Crippen LogP contribution in [0.25, 0.3) is 22.0 Å². The molecule has 0 aliphatic rings. The summed E-state index contributed by atoms with van der Waals surface area (Å²) in [6, 6.07) is 25.6. The number of fused-ring (bicyclic) bond motifs is 1. The minimum atomic E-state index is 0.00699. The number of benzene rings is 3. The average molecular weight is 337 g/mol. The fourth-order valence-electron chi connectivity index (χ4n) is 3.45. The highest BCUT2D eigenvalue weighted by Crippen LogP contribution is 2.32. The van der Waals surface area contributed by atoms with Gasteiger partial charge in [0.1, 0.15) is 0 Å². The number of hydrogen-bond donors (Lipinski definition) is 0. The van der Waals surface area contributed by atoms with E-state index in [9.17, 15) is 4.79 Å². The molecule has 0 spiro atoms. The first kappa shape index (κ1) is 16.2. The second-order valence-corrected chi connectivity index (χ2v) is 6.53. The molecule has 0 saturated heterocycles. The van der Waals surface area contributed by atoms with Crippen molar-refractivity contribution in [1.29, 1.82) is 0 Å². The minimum absolute atomic E-state index is 0.00699. The summed E-state index contributed by atoms with van der Waals surface area (Å²) in [6.07, 6.45) is 0. The van der Waals surface area contributed by atoms with Crippen molar-refractivity contribution < 1.29 is 4.79 Å². The molecule has 0 saturated carbocycles. The third kappa shape index (κ3) is 2.80. The van der Waals surface area contributed by atoms with Gasteiger partial charge in [0.05, 0.1) is 11.1 Å². The summed E-state index contributed by atoms with van der Waals surface area (Å²) in [6.45, 7) is 4.04. The lowest BCUT2D eigenvalue weighted by molar-refractivity contribution is 0.104. The number of aryl methyl sites for hydroxylation is 2. The highest BCUT2D eigenvalue weighted by molar-refractivity contribution is 6.19. The van der Waals surface area contributed by atoms with Crippen molar-refractivity contribution in [2.24, 2.45) is 0 Å². The maximum absolute atomic E-state index is 13.4. The molecule has 0 N–H and O–H groups in total. The second kappa shape index (κ2) is 6.57. The Hall–Kier alpha value is -3.26. The number of carbonyl (C=O) groups excluding carboxylic acids is 1. The molecule has 0 aliphatic carbocycles. The number of carbonyl (C=O) groups is 1. The van der Waals surface area contributed by atoms with Crippen LogP contribution in [-0.4, -0.2) is 10.8 Å². The van der Waals surface area contributed by atoms with Crippen molar-refractivity contribution >= 4 is 16.7 Å². The van der Waals surface area contributed by atoms with E-state index in [4.69, 9.17) is 4.98 Å². The number of hydrogen-bond acceptors (Lipinski definition) is 2. The topological polar surface area (TPSA) is 30.0 Å². The van der Waals surface area contributed by atoms with Crippen molar-refractivity contribution in [3.63, 3.8) is 0 Å². The number of nitrogens with zero attached hydrogens (tertiary/aromatic N) is 1. The van der Waals surface area contributed by atoms with Crippen LogP contribution in [0.5, 0.6) is 0 Å². The molecule has 0 aliphatic heterocycles. The van der Waals surface area contributed by atoms with Crippen molar-refractivity contribution in [3.8, 4) is 11.1 Å². The summed E-state index contributed by atoms with van der Waals surface area (Å²) >= 11 is 0. The summed E-state index contributed by atoms with van der Waals surface area (Å²) in [5, 5.41) is 1.02. The van der Waals surface area contributed by atoms with E-state index in [2.05, 4.69) is 19.1 Å². The lowest BCUT2D eigenvalue weighted by atomic mass is 9.90. The fraction of sp³-hybridized carbons (Fsp3) is 0.0833. The van der Waals surface area contributed by atoms with Gasteiger partial charge in [0, 0.05) is 16.6 Å². The van der Waals surface area contributed by atoms with Crippen LogP contribution in [0.3, 0.4) is 0 Å². The van der Waals surface area contributed by atoms with Crippen LogP contribution in [-0.2, 0) is 0 Å². The van der Waals surface area contributed by atoms with Crippen LogP contribution >= 0.6 is 0 Å². The minimum Gasteiger partial charge on any atom is -0.289 e. The first-order valence-corrected chi connectivity index (χ1v) is 8.71. The molecule has 2 nitrogen and oxygen atoms in total. The molecule has 0 fully saturated rings. The fourth-order valence-corrected chi connectivity index (χ4v) is 3.45. The first-order chi connectivity index (χ1) is 12.6. The molecular weight excluding hydrogens is 318 g/mol. The zero-order valence-electron chi connectivity index (χ0n) is 14.9. The van der Waals surface area contributed by atoms with Crippen LogP contribution in [0.2, 0.25) is 0 Å². The molecule has 3 aromatic carbocycles. The Morgan fingerprint density at radius 1 is 0.808 bits per heavy atom. The summed E-state index contributed by atoms with van der Waals surface area (Å²) in [5.74, 6) is 0.00699. The molecule has 2 heteroatoms. The quantitative estimate of drug-likeness (QED) is 0.446. The maximum Gasteiger partial charge on any atom is 0.195 e. The van der Waals surface area contributed by atoms with Gasteiger partial charge >= 0.3 is 0 Å². The highest BCUT2D eigenvalue weighted by atomic mass is 16.1. The van der Waals surface area contributed by atoms with Crippen molar-refractivity contribution in [3.05, 3.63) is 101 Å². The molecule has 0 radical (unpaired) electrons. The average Bonchev–Trinajstić information content (AvgIpc) is 2.68. The normalized spacial score (nSPS) is 10.8. The Labute approximate surface area is 153 Å². The maximum atomic E-state index is 13.4. The molecule has 4 rings (SSSR count). The van der Waals surface area contributed by atoms with Gasteiger partial charge in [0.2, 0.25) is 0 Å². The van der Waals surface area contributed by atoms with E-state index < -0.39 is 0 Å². The van der Waals surface area contributed by atoms with Gasteiger partial charge < -0.3 is 0 Å². The summed E-state index contributed by atoms with van der Waals surface area (Å²) in [4.78, 5) is 18.2. The van der Waals surface area contributed by atoms with E-state index in [1.54, 1.807) is 0 Å². The SMILES string of the molecule is Cc1cc(C)c2ccc(-c3ccccc3)c(C(=O)c3ccccc3)c2n1. The van der Waals surface area contributed by atoms with Gasteiger partial charge in [-0.15, -0.1) is 0 Å². The lowest BCUT2D eigenvalue weighted by Gasteiger charge is -2.14. The number of rotatable bonds is 3. The van der Waals surface area contributed by atoms with E-state index in [1.807, 2.05) is 73.7 Å². The van der Waals surface area contributed by atoms with Crippen LogP contribution in [0.4, 0.5) is 0 Å². The van der Waals surface area contributed by atoms with E-state index in [-0.39, 0.29) is 5.78 Å². The summed E-state index contributed by atoms with van der Waals surface area (Å²) < 4.78 is 0. The predicted octanol–water partition coefficient (Wildman–Crippen LogP) is 5.75. The van der Waals surface area contributed by atoms with Crippen LogP contribution in [0, 0.1) is 13.8 Å². The molecule has 0 amide bonds. The van der Waals surface area contributed by atoms with Crippen molar-refractivity contribution in [2.45, 2.75) is 13.8 Å². The molecular formula is C24H19NO. The Kier molecular flexibility index (Phi) is 4.10. The Morgan fingerprint density at radius 2 is 1.46 bits per heavy atom. The van der Waals surface area contributed by atoms with Gasteiger partial charge in [-0.25, -0.2) is 0 Å². The van der Waals surface area contributed by atoms with Gasteiger partial charge in [-0.05, 0) is 36.6 Å². The van der Waals surface area contributed by atoms with E-state index >= 15 is 0 Å². The van der Waals surface area contributed by atoms with Gasteiger partial charge in [0.25, 0.3) is 0 Å². The monoisotopic (exact) mass is 337 g/mol. The van der Waals surface area contributed by atoms with E-state index in [1.165, 1.54) is 0 Å². The molecule has 0 bridgehead atoms. The number of ketones is 1. The standard InChI is InChI=1S/C24H19NO/c1-16-15-17(2)25-23-20(16)13-14-21(18-9-5-3-6-10-18)22(23)24(26)19-11-7-4-8-12-19/h3-15H,1-2H3. The van der Waals surface area contributed by atoms with Crippen LogP contribution < -0.4 is 0 Å². The Morgan fingerprint density at radius 3 is 2.15 bits per heavy atom. The van der Waals surface area contributed by atoms with E-state index in [0.29, 0.717) is 11.1 Å². The molecule has 4 aromatic rings. The molecule has 26 heavy (non-hydrogen) atoms. The molecule has 1 heterocycles. The summed E-state index contributed by atoms with van der Waals surface area (Å²) in [7, 11) is 0. The number of pyridine rings is 1. The first-order valence-electron chi connectivity index (χ1n) is 8.71. The van der Waals surface area contributed by atoms with Crippen molar-refractivity contribution in [2.75, 3.05) is 0 Å². The highest BCUT2D eigenvalue weighted by Gasteiger charge is 2.20. The van der Waals surface area contributed by atoms with Gasteiger partial charge in [-0.3, -0.25) is 9.78 Å². The Balaban J connectivity index is 2.08. The molecule has 1 aromatic heterocycles. The third-order valence-electron chi connectivity index (χ3n) is 4.66. The number of aromatic nitrogens is 1. The summed E-state index contributed by atoms with van der Waals surface area (Å²) in [5.41, 5.74) is 6.12.